The highest BCUT2D eigenvalue weighted by Gasteiger charge is 2.02. The third-order valence-electron chi connectivity index (χ3n) is 3.06. The molecule has 0 aliphatic rings. The van der Waals surface area contributed by atoms with E-state index in [4.69, 9.17) is 11.6 Å². The molecule has 0 amide bonds. The Morgan fingerprint density at radius 2 is 2.04 bits per heavy atom. The summed E-state index contributed by atoms with van der Waals surface area (Å²) in [5.41, 5.74) is 0. The predicted molar refractivity (Wildman–Crippen MR) is 117 cm³/mol. The highest BCUT2D eigenvalue weighted by Crippen LogP contribution is 2.19. The third-order valence-corrected chi connectivity index (χ3v) is 5.46. The van der Waals surface area contributed by atoms with Crippen molar-refractivity contribution in [3.05, 3.63) is 45.4 Å². The van der Waals surface area contributed by atoms with E-state index in [1.807, 2.05) is 30.5 Å². The Hall–Kier alpha value is -0.510. The van der Waals surface area contributed by atoms with Gasteiger partial charge in [-0.25, -0.2) is 4.98 Å². The second kappa shape index (κ2) is 11.9. The number of rotatable bonds is 7. The van der Waals surface area contributed by atoms with Crippen LogP contribution in [-0.4, -0.2) is 30.3 Å². The fourth-order valence-electron chi connectivity index (χ4n) is 1.84. The van der Waals surface area contributed by atoms with Gasteiger partial charge in [-0.1, -0.05) is 18.5 Å². The number of nitrogens with zero attached hydrogens (tertiary/aromatic N) is 2. The summed E-state index contributed by atoms with van der Waals surface area (Å²) in [6, 6.07) is 7.90. The maximum absolute atomic E-state index is 5.88. The summed E-state index contributed by atoms with van der Waals surface area (Å²) in [5.74, 6) is 1.76. The number of aromatic nitrogens is 1. The molecule has 24 heavy (non-hydrogen) atoms. The first-order valence-electron chi connectivity index (χ1n) is 7.47. The van der Waals surface area contributed by atoms with E-state index in [0.717, 1.165) is 34.7 Å². The first-order chi connectivity index (χ1) is 11.2. The summed E-state index contributed by atoms with van der Waals surface area (Å²) < 4.78 is 0. The SMILES string of the molecule is CCc1cnc(CNC(=NC)NCCSc2ccc(Cl)cc2)s1.I. The van der Waals surface area contributed by atoms with Gasteiger partial charge in [-0.15, -0.1) is 47.1 Å². The van der Waals surface area contributed by atoms with Gasteiger partial charge in [0.15, 0.2) is 5.96 Å². The first-order valence-corrected chi connectivity index (χ1v) is 9.65. The van der Waals surface area contributed by atoms with E-state index in [1.54, 1.807) is 30.1 Å². The topological polar surface area (TPSA) is 49.3 Å². The van der Waals surface area contributed by atoms with Crippen molar-refractivity contribution in [2.45, 2.75) is 24.8 Å². The summed E-state index contributed by atoms with van der Waals surface area (Å²) in [7, 11) is 1.78. The summed E-state index contributed by atoms with van der Waals surface area (Å²) in [6.45, 7) is 3.68. The van der Waals surface area contributed by atoms with Crippen molar-refractivity contribution in [3.63, 3.8) is 0 Å². The van der Waals surface area contributed by atoms with E-state index in [-0.39, 0.29) is 24.0 Å². The Morgan fingerprint density at radius 1 is 1.29 bits per heavy atom. The van der Waals surface area contributed by atoms with Crippen LogP contribution in [0.3, 0.4) is 0 Å². The number of aliphatic imine (C=N–C) groups is 1. The van der Waals surface area contributed by atoms with Crippen LogP contribution in [0.2, 0.25) is 5.02 Å². The Labute approximate surface area is 173 Å². The molecule has 8 heteroatoms. The van der Waals surface area contributed by atoms with Crippen LogP contribution in [0.1, 0.15) is 16.8 Å². The quantitative estimate of drug-likeness (QED) is 0.196. The molecule has 0 atom stereocenters. The number of hydrogen-bond acceptors (Lipinski definition) is 4. The Kier molecular flexibility index (Phi) is 10.7. The van der Waals surface area contributed by atoms with Crippen molar-refractivity contribution in [1.29, 1.82) is 0 Å². The van der Waals surface area contributed by atoms with Gasteiger partial charge in [-0.05, 0) is 30.7 Å². The lowest BCUT2D eigenvalue weighted by atomic mass is 10.4. The highest BCUT2D eigenvalue weighted by molar-refractivity contribution is 14.0. The molecule has 4 nitrogen and oxygen atoms in total. The van der Waals surface area contributed by atoms with Crippen molar-refractivity contribution in [1.82, 2.24) is 15.6 Å². The van der Waals surface area contributed by atoms with Gasteiger partial charge in [0.1, 0.15) is 5.01 Å². The molecular formula is C16H22ClIN4S2. The van der Waals surface area contributed by atoms with Crippen LogP contribution in [0.5, 0.6) is 0 Å². The second-order valence-corrected chi connectivity index (χ2v) is 7.53. The summed E-state index contributed by atoms with van der Waals surface area (Å²) in [6.07, 6.45) is 2.98. The number of thioether (sulfide) groups is 1. The number of halogens is 2. The predicted octanol–water partition coefficient (Wildman–Crippen LogP) is 4.43. The van der Waals surface area contributed by atoms with Gasteiger partial charge in [-0.2, -0.15) is 0 Å². The molecule has 0 bridgehead atoms. The minimum absolute atomic E-state index is 0. The van der Waals surface area contributed by atoms with E-state index < -0.39 is 0 Å². The molecule has 2 rings (SSSR count). The molecular weight excluding hydrogens is 475 g/mol. The van der Waals surface area contributed by atoms with Crippen molar-refractivity contribution in [3.8, 4) is 0 Å². The van der Waals surface area contributed by atoms with Crippen LogP contribution in [0.4, 0.5) is 0 Å². The molecule has 0 spiro atoms. The van der Waals surface area contributed by atoms with Gasteiger partial charge in [0.2, 0.25) is 0 Å². The van der Waals surface area contributed by atoms with Crippen molar-refractivity contribution in [2.75, 3.05) is 19.3 Å². The fourth-order valence-corrected chi connectivity index (χ4v) is 3.54. The molecule has 2 N–H and O–H groups in total. The van der Waals surface area contributed by atoms with Crippen molar-refractivity contribution < 1.29 is 0 Å². The van der Waals surface area contributed by atoms with Crippen LogP contribution in [-0.2, 0) is 13.0 Å². The molecule has 132 valence electrons. The average Bonchev–Trinajstić information content (AvgIpc) is 3.04. The lowest BCUT2D eigenvalue weighted by Gasteiger charge is -2.10. The summed E-state index contributed by atoms with van der Waals surface area (Å²) in [5, 5.41) is 8.45. The third kappa shape index (κ3) is 7.58. The lowest BCUT2D eigenvalue weighted by Crippen LogP contribution is -2.37. The van der Waals surface area contributed by atoms with Gasteiger partial charge >= 0.3 is 0 Å². The highest BCUT2D eigenvalue weighted by atomic mass is 127. The Morgan fingerprint density at radius 3 is 2.67 bits per heavy atom. The molecule has 0 radical (unpaired) electrons. The molecule has 0 aliphatic carbocycles. The van der Waals surface area contributed by atoms with Crippen molar-refractivity contribution in [2.24, 2.45) is 4.99 Å². The van der Waals surface area contributed by atoms with Gasteiger partial charge in [0.25, 0.3) is 0 Å². The van der Waals surface area contributed by atoms with E-state index in [9.17, 15) is 0 Å². The van der Waals surface area contributed by atoms with Gasteiger partial charge in [0.05, 0.1) is 6.54 Å². The minimum Gasteiger partial charge on any atom is -0.356 e. The van der Waals surface area contributed by atoms with Crippen LogP contribution in [0.25, 0.3) is 0 Å². The minimum atomic E-state index is 0. The Bertz CT molecular complexity index is 631. The van der Waals surface area contributed by atoms with E-state index in [1.165, 1.54) is 9.77 Å². The van der Waals surface area contributed by atoms with E-state index in [0.29, 0.717) is 6.54 Å². The summed E-state index contributed by atoms with van der Waals surface area (Å²) >= 11 is 9.41. The molecule has 0 saturated carbocycles. The van der Waals surface area contributed by atoms with Gasteiger partial charge in [0, 0.05) is 40.3 Å². The maximum Gasteiger partial charge on any atom is 0.191 e. The standard InChI is InChI=1S/C16H21ClN4S2.HI/c1-3-13-10-20-15(23-13)11-21-16(18-2)19-8-9-22-14-6-4-12(17)5-7-14;/h4-7,10H,3,8-9,11H2,1-2H3,(H2,18,19,21);1H. The fraction of sp³-hybridized carbons (Fsp3) is 0.375. The lowest BCUT2D eigenvalue weighted by molar-refractivity contribution is 0.827. The smallest absolute Gasteiger partial charge is 0.191 e. The molecule has 1 aromatic heterocycles. The van der Waals surface area contributed by atoms with Crippen LogP contribution < -0.4 is 10.6 Å². The number of nitrogens with one attached hydrogen (secondary N) is 2. The Balaban J connectivity index is 0.00000288. The zero-order valence-electron chi connectivity index (χ0n) is 13.7. The van der Waals surface area contributed by atoms with Crippen molar-refractivity contribution >= 4 is 64.6 Å². The van der Waals surface area contributed by atoms with Gasteiger partial charge in [-0.3, -0.25) is 4.99 Å². The van der Waals surface area contributed by atoms with E-state index >= 15 is 0 Å². The average molecular weight is 497 g/mol. The molecule has 1 aromatic carbocycles. The maximum atomic E-state index is 5.88. The number of hydrogen-bond donors (Lipinski definition) is 2. The largest absolute Gasteiger partial charge is 0.356 e. The van der Waals surface area contributed by atoms with E-state index in [2.05, 4.69) is 27.5 Å². The number of benzene rings is 1. The van der Waals surface area contributed by atoms with Crippen LogP contribution in [0.15, 0.2) is 40.4 Å². The number of thiazole rings is 1. The molecule has 0 fully saturated rings. The summed E-state index contributed by atoms with van der Waals surface area (Å²) in [4.78, 5) is 11.2. The molecule has 0 saturated heterocycles. The monoisotopic (exact) mass is 496 g/mol. The molecule has 0 aliphatic heterocycles. The van der Waals surface area contributed by atoms with Crippen LogP contribution >= 0.6 is 58.7 Å². The molecule has 0 unspecified atom stereocenters. The zero-order valence-corrected chi connectivity index (χ0v) is 18.4. The first kappa shape index (κ1) is 21.5. The van der Waals surface area contributed by atoms with Crippen LogP contribution in [0, 0.1) is 0 Å². The molecule has 2 aromatic rings. The number of guanidine groups is 1. The second-order valence-electron chi connectivity index (χ2n) is 4.73. The number of aryl methyl sites for hydroxylation is 1. The molecule has 1 heterocycles. The van der Waals surface area contributed by atoms with Gasteiger partial charge < -0.3 is 10.6 Å². The zero-order chi connectivity index (χ0) is 16.5. The normalized spacial score (nSPS) is 11.0.